The first-order valence-electron chi connectivity index (χ1n) is 3.15. The third-order valence-corrected chi connectivity index (χ3v) is 1.30. The van der Waals surface area contributed by atoms with Gasteiger partial charge in [-0.05, 0) is 6.08 Å². The average Bonchev–Trinajstić information content (AvgIpc) is 2.04. The maximum Gasteiger partial charge on any atom is 0.192 e. The standard InChI is InChI=1S/C9H8O2/c1-3-7-6-11-8(4-2)5-9(7)10/h3-6H,1-2H2. The molecule has 1 aromatic heterocycles. The molecule has 0 amide bonds. The molecule has 0 N–H and O–H groups in total. The maximum atomic E-state index is 11.1. The first-order valence-corrected chi connectivity index (χ1v) is 3.15. The Kier molecular flexibility index (Phi) is 2.06. The van der Waals surface area contributed by atoms with Crippen molar-refractivity contribution < 1.29 is 4.42 Å². The molecule has 1 aromatic rings. The number of hydrogen-bond acceptors (Lipinski definition) is 2. The van der Waals surface area contributed by atoms with Crippen LogP contribution in [0.15, 0.2) is 34.7 Å². The van der Waals surface area contributed by atoms with E-state index in [9.17, 15) is 4.79 Å². The molecule has 0 aliphatic heterocycles. The summed E-state index contributed by atoms with van der Waals surface area (Å²) in [5, 5.41) is 0. The molecule has 2 nitrogen and oxygen atoms in total. The van der Waals surface area contributed by atoms with Gasteiger partial charge in [-0.2, -0.15) is 0 Å². The van der Waals surface area contributed by atoms with Gasteiger partial charge in [0.05, 0.1) is 5.56 Å². The predicted octanol–water partition coefficient (Wildman–Crippen LogP) is 1.93. The van der Waals surface area contributed by atoms with Crippen molar-refractivity contribution in [1.29, 1.82) is 0 Å². The highest BCUT2D eigenvalue weighted by atomic mass is 16.3. The molecule has 1 heterocycles. The molecular formula is C9H8O2. The SMILES string of the molecule is C=Cc1cc(=O)c(C=C)co1. The van der Waals surface area contributed by atoms with Crippen molar-refractivity contribution in [2.24, 2.45) is 0 Å². The molecule has 11 heavy (non-hydrogen) atoms. The first kappa shape index (κ1) is 7.54. The molecule has 0 aliphatic rings. The van der Waals surface area contributed by atoms with Crippen LogP contribution in [0.25, 0.3) is 12.2 Å². The summed E-state index contributed by atoms with van der Waals surface area (Å²) >= 11 is 0. The summed E-state index contributed by atoms with van der Waals surface area (Å²) in [6, 6.07) is 1.38. The van der Waals surface area contributed by atoms with Crippen LogP contribution in [-0.4, -0.2) is 0 Å². The summed E-state index contributed by atoms with van der Waals surface area (Å²) in [7, 11) is 0. The van der Waals surface area contributed by atoms with Gasteiger partial charge in [0, 0.05) is 6.07 Å². The lowest BCUT2D eigenvalue weighted by atomic mass is 10.2. The van der Waals surface area contributed by atoms with Crippen LogP contribution in [-0.2, 0) is 0 Å². The number of hydrogen-bond donors (Lipinski definition) is 0. The van der Waals surface area contributed by atoms with Crippen LogP contribution >= 0.6 is 0 Å². The molecule has 0 radical (unpaired) electrons. The molecule has 0 fully saturated rings. The maximum absolute atomic E-state index is 11.1. The molecule has 0 atom stereocenters. The second-order valence-electron chi connectivity index (χ2n) is 2.01. The van der Waals surface area contributed by atoms with E-state index in [1.54, 1.807) is 0 Å². The van der Waals surface area contributed by atoms with Crippen LogP contribution < -0.4 is 5.43 Å². The summed E-state index contributed by atoms with van der Waals surface area (Å²) in [6.07, 6.45) is 4.30. The lowest BCUT2D eigenvalue weighted by Gasteiger charge is -1.91. The molecule has 1 rings (SSSR count). The van der Waals surface area contributed by atoms with Crippen molar-refractivity contribution in [2.45, 2.75) is 0 Å². The predicted molar refractivity (Wildman–Crippen MR) is 45.2 cm³/mol. The van der Waals surface area contributed by atoms with E-state index in [1.807, 2.05) is 0 Å². The van der Waals surface area contributed by atoms with Gasteiger partial charge in [0.25, 0.3) is 0 Å². The molecule has 0 spiro atoms. The van der Waals surface area contributed by atoms with Crippen LogP contribution in [0, 0.1) is 0 Å². The molecular weight excluding hydrogens is 140 g/mol. The van der Waals surface area contributed by atoms with E-state index >= 15 is 0 Å². The van der Waals surface area contributed by atoms with Crippen LogP contribution in [0.1, 0.15) is 11.3 Å². The zero-order valence-corrected chi connectivity index (χ0v) is 6.04. The number of rotatable bonds is 2. The van der Waals surface area contributed by atoms with E-state index in [0.717, 1.165) is 0 Å². The summed E-state index contributed by atoms with van der Waals surface area (Å²) in [5.74, 6) is 0.473. The smallest absolute Gasteiger partial charge is 0.192 e. The quantitative estimate of drug-likeness (QED) is 0.641. The molecule has 56 valence electrons. The fourth-order valence-corrected chi connectivity index (χ4v) is 0.692. The van der Waals surface area contributed by atoms with E-state index in [4.69, 9.17) is 4.42 Å². The normalized spacial score (nSPS) is 9.09. The van der Waals surface area contributed by atoms with Crippen molar-refractivity contribution in [1.82, 2.24) is 0 Å². The third-order valence-electron chi connectivity index (χ3n) is 1.30. The monoisotopic (exact) mass is 148 g/mol. The highest BCUT2D eigenvalue weighted by molar-refractivity contribution is 5.47. The third kappa shape index (κ3) is 1.46. The zero-order valence-electron chi connectivity index (χ0n) is 6.04. The Labute approximate surface area is 64.5 Å². The van der Waals surface area contributed by atoms with Gasteiger partial charge in [0.1, 0.15) is 12.0 Å². The minimum absolute atomic E-state index is 0.0962. The highest BCUT2D eigenvalue weighted by Crippen LogP contribution is 2.00. The lowest BCUT2D eigenvalue weighted by molar-refractivity contribution is 0.536. The molecule has 0 aliphatic carbocycles. The fourth-order valence-electron chi connectivity index (χ4n) is 0.692. The summed E-state index contributed by atoms with van der Waals surface area (Å²) in [4.78, 5) is 11.1. The van der Waals surface area contributed by atoms with Crippen LogP contribution in [0.4, 0.5) is 0 Å². The molecule has 0 bridgehead atoms. The Morgan fingerprint density at radius 3 is 2.55 bits per heavy atom. The molecule has 0 aromatic carbocycles. The summed E-state index contributed by atoms with van der Waals surface area (Å²) in [5.41, 5.74) is 0.372. The zero-order chi connectivity index (χ0) is 8.27. The van der Waals surface area contributed by atoms with E-state index in [1.165, 1.54) is 24.5 Å². The van der Waals surface area contributed by atoms with Crippen LogP contribution in [0.5, 0.6) is 0 Å². The Hall–Kier alpha value is -1.57. The van der Waals surface area contributed by atoms with Gasteiger partial charge >= 0.3 is 0 Å². The van der Waals surface area contributed by atoms with Crippen molar-refractivity contribution in [3.05, 3.63) is 47.0 Å². The fraction of sp³-hybridized carbons (Fsp3) is 0. The lowest BCUT2D eigenvalue weighted by Crippen LogP contribution is -2.02. The van der Waals surface area contributed by atoms with Gasteiger partial charge in [-0.1, -0.05) is 19.2 Å². The Morgan fingerprint density at radius 1 is 1.36 bits per heavy atom. The van der Waals surface area contributed by atoms with Crippen molar-refractivity contribution in [3.8, 4) is 0 Å². The van der Waals surface area contributed by atoms with Crippen molar-refractivity contribution in [3.63, 3.8) is 0 Å². The molecule has 0 unspecified atom stereocenters. The highest BCUT2D eigenvalue weighted by Gasteiger charge is 1.95. The van der Waals surface area contributed by atoms with Crippen LogP contribution in [0.2, 0.25) is 0 Å². The molecule has 0 saturated carbocycles. The van der Waals surface area contributed by atoms with E-state index in [0.29, 0.717) is 11.3 Å². The van der Waals surface area contributed by atoms with E-state index in [2.05, 4.69) is 13.2 Å². The van der Waals surface area contributed by atoms with Gasteiger partial charge < -0.3 is 4.42 Å². The van der Waals surface area contributed by atoms with E-state index < -0.39 is 0 Å². The minimum Gasteiger partial charge on any atom is -0.464 e. The summed E-state index contributed by atoms with van der Waals surface area (Å²) < 4.78 is 4.99. The Balaban J connectivity index is 3.30. The molecule has 0 saturated heterocycles. The van der Waals surface area contributed by atoms with Gasteiger partial charge in [-0.3, -0.25) is 4.79 Å². The molecule has 2 heteroatoms. The van der Waals surface area contributed by atoms with Crippen molar-refractivity contribution in [2.75, 3.05) is 0 Å². The summed E-state index contributed by atoms with van der Waals surface area (Å²) in [6.45, 7) is 6.93. The first-order chi connectivity index (χ1) is 5.27. The van der Waals surface area contributed by atoms with E-state index in [-0.39, 0.29) is 5.43 Å². The minimum atomic E-state index is -0.0962. The van der Waals surface area contributed by atoms with Gasteiger partial charge in [0.15, 0.2) is 5.43 Å². The van der Waals surface area contributed by atoms with Gasteiger partial charge in [-0.25, -0.2) is 0 Å². The van der Waals surface area contributed by atoms with Gasteiger partial charge in [-0.15, -0.1) is 0 Å². The largest absolute Gasteiger partial charge is 0.464 e. The average molecular weight is 148 g/mol. The van der Waals surface area contributed by atoms with Crippen LogP contribution in [0.3, 0.4) is 0 Å². The second kappa shape index (κ2) is 3.01. The Bertz CT molecular complexity index is 334. The van der Waals surface area contributed by atoms with Gasteiger partial charge in [0.2, 0.25) is 0 Å². The topological polar surface area (TPSA) is 30.2 Å². The van der Waals surface area contributed by atoms with Crippen molar-refractivity contribution >= 4 is 12.2 Å². The second-order valence-corrected chi connectivity index (χ2v) is 2.01. The Morgan fingerprint density at radius 2 is 2.09 bits per heavy atom.